The van der Waals surface area contributed by atoms with Crippen molar-refractivity contribution in [3.05, 3.63) is 76.1 Å². The molecule has 2 amide bonds. The predicted molar refractivity (Wildman–Crippen MR) is 118 cm³/mol. The summed E-state index contributed by atoms with van der Waals surface area (Å²) >= 11 is 0. The minimum atomic E-state index is -0.214. The first-order chi connectivity index (χ1) is 15.0. The number of piperazine rings is 1. The van der Waals surface area contributed by atoms with Crippen molar-refractivity contribution >= 4 is 22.7 Å². The SMILES string of the molecule is COc1cccc(CC(=O)N2CCN(C(=O)c3cc(=O)n(C)c4ccccc34)CC2)c1. The Bertz CT molecular complexity index is 1190. The number of hydrogen-bond acceptors (Lipinski definition) is 4. The van der Waals surface area contributed by atoms with Gasteiger partial charge in [-0.1, -0.05) is 30.3 Å². The van der Waals surface area contributed by atoms with E-state index < -0.39 is 0 Å². The Hall–Kier alpha value is -3.61. The lowest BCUT2D eigenvalue weighted by molar-refractivity contribution is -0.131. The number of rotatable bonds is 4. The van der Waals surface area contributed by atoms with Crippen molar-refractivity contribution < 1.29 is 14.3 Å². The Morgan fingerprint density at radius 3 is 2.39 bits per heavy atom. The summed E-state index contributed by atoms with van der Waals surface area (Å²) < 4.78 is 6.76. The molecule has 7 nitrogen and oxygen atoms in total. The average Bonchev–Trinajstić information content (AvgIpc) is 2.81. The van der Waals surface area contributed by atoms with Crippen LogP contribution in [0.5, 0.6) is 5.75 Å². The summed E-state index contributed by atoms with van der Waals surface area (Å²) in [6.45, 7) is 1.81. The predicted octanol–water partition coefficient (Wildman–Crippen LogP) is 2.07. The lowest BCUT2D eigenvalue weighted by Gasteiger charge is -2.35. The van der Waals surface area contributed by atoms with Crippen LogP contribution in [0.25, 0.3) is 10.9 Å². The summed E-state index contributed by atoms with van der Waals surface area (Å²) in [6.07, 6.45) is 0.296. The molecular formula is C24H25N3O4. The molecule has 0 saturated carbocycles. The highest BCUT2D eigenvalue weighted by Gasteiger charge is 2.26. The summed E-state index contributed by atoms with van der Waals surface area (Å²) in [6, 6.07) is 16.3. The highest BCUT2D eigenvalue weighted by Crippen LogP contribution is 2.19. The number of ether oxygens (including phenoxy) is 1. The number of benzene rings is 2. The highest BCUT2D eigenvalue weighted by molar-refractivity contribution is 6.06. The van der Waals surface area contributed by atoms with Gasteiger partial charge in [-0.3, -0.25) is 14.4 Å². The molecule has 31 heavy (non-hydrogen) atoms. The van der Waals surface area contributed by atoms with Crippen molar-refractivity contribution in [3.63, 3.8) is 0 Å². The molecule has 0 atom stereocenters. The lowest BCUT2D eigenvalue weighted by atomic mass is 10.1. The van der Waals surface area contributed by atoms with Gasteiger partial charge in [0.05, 0.1) is 24.6 Å². The molecule has 160 valence electrons. The van der Waals surface area contributed by atoms with E-state index >= 15 is 0 Å². The fourth-order valence-corrected chi connectivity index (χ4v) is 3.99. The quantitative estimate of drug-likeness (QED) is 0.649. The number of methoxy groups -OCH3 is 1. The Labute approximate surface area is 180 Å². The highest BCUT2D eigenvalue weighted by atomic mass is 16.5. The number of amides is 2. The third kappa shape index (κ3) is 4.17. The molecule has 1 aromatic heterocycles. The van der Waals surface area contributed by atoms with Crippen LogP contribution < -0.4 is 10.3 Å². The van der Waals surface area contributed by atoms with E-state index in [0.29, 0.717) is 38.2 Å². The van der Waals surface area contributed by atoms with Crippen molar-refractivity contribution in [1.29, 1.82) is 0 Å². The Morgan fingerprint density at radius 1 is 0.935 bits per heavy atom. The third-order valence-corrected chi connectivity index (χ3v) is 5.79. The van der Waals surface area contributed by atoms with Crippen molar-refractivity contribution in [2.75, 3.05) is 33.3 Å². The lowest BCUT2D eigenvalue weighted by Crippen LogP contribution is -2.51. The largest absolute Gasteiger partial charge is 0.497 e. The summed E-state index contributed by atoms with van der Waals surface area (Å²) in [4.78, 5) is 41.7. The second-order valence-corrected chi connectivity index (χ2v) is 7.67. The van der Waals surface area contributed by atoms with Crippen LogP contribution in [0.3, 0.4) is 0 Å². The summed E-state index contributed by atoms with van der Waals surface area (Å²) in [5, 5.41) is 0.756. The van der Waals surface area contributed by atoms with Crippen LogP contribution >= 0.6 is 0 Å². The average molecular weight is 419 g/mol. The molecule has 0 unspecified atom stereocenters. The van der Waals surface area contributed by atoms with Crippen LogP contribution in [-0.4, -0.2) is 59.5 Å². The second kappa shape index (κ2) is 8.63. The van der Waals surface area contributed by atoms with Gasteiger partial charge in [0.1, 0.15) is 5.75 Å². The molecule has 3 aromatic rings. The first-order valence-electron chi connectivity index (χ1n) is 10.3. The van der Waals surface area contributed by atoms with E-state index in [1.165, 1.54) is 6.07 Å². The smallest absolute Gasteiger partial charge is 0.254 e. The molecule has 0 spiro atoms. The second-order valence-electron chi connectivity index (χ2n) is 7.67. The van der Waals surface area contributed by atoms with E-state index in [0.717, 1.165) is 22.2 Å². The summed E-state index contributed by atoms with van der Waals surface area (Å²) in [5.41, 5.74) is 1.82. The van der Waals surface area contributed by atoms with E-state index in [2.05, 4.69) is 0 Å². The molecule has 2 heterocycles. The number of pyridine rings is 1. The molecule has 2 aromatic carbocycles. The van der Waals surface area contributed by atoms with Gasteiger partial charge in [-0.25, -0.2) is 0 Å². The summed E-state index contributed by atoms with van der Waals surface area (Å²) in [5.74, 6) is 0.579. The molecule has 0 radical (unpaired) electrons. The Kier molecular flexibility index (Phi) is 5.75. The fraction of sp³-hybridized carbons (Fsp3) is 0.292. The zero-order valence-electron chi connectivity index (χ0n) is 17.7. The fourth-order valence-electron chi connectivity index (χ4n) is 3.99. The molecule has 7 heteroatoms. The maximum absolute atomic E-state index is 13.2. The molecule has 1 aliphatic rings. The molecule has 0 N–H and O–H groups in total. The van der Waals surface area contributed by atoms with Crippen molar-refractivity contribution in [1.82, 2.24) is 14.4 Å². The van der Waals surface area contributed by atoms with E-state index in [4.69, 9.17) is 4.74 Å². The van der Waals surface area contributed by atoms with Gasteiger partial charge < -0.3 is 19.1 Å². The van der Waals surface area contributed by atoms with Crippen LogP contribution in [0, 0.1) is 0 Å². The van der Waals surface area contributed by atoms with Gasteiger partial charge in [0.2, 0.25) is 5.91 Å². The standard InChI is InChI=1S/C24H25N3O4/c1-25-21-9-4-3-8-19(21)20(16-22(25)28)24(30)27-12-10-26(11-13-27)23(29)15-17-6-5-7-18(14-17)31-2/h3-9,14,16H,10-13,15H2,1-2H3. The number of para-hydroxylation sites is 1. The summed E-state index contributed by atoms with van der Waals surface area (Å²) in [7, 11) is 3.30. The third-order valence-electron chi connectivity index (χ3n) is 5.79. The molecule has 1 saturated heterocycles. The number of carbonyl (C=O) groups excluding carboxylic acids is 2. The number of carbonyl (C=O) groups is 2. The monoisotopic (exact) mass is 419 g/mol. The van der Waals surface area contributed by atoms with Gasteiger partial charge in [0, 0.05) is 44.7 Å². The van der Waals surface area contributed by atoms with Crippen LogP contribution in [0.2, 0.25) is 0 Å². The van der Waals surface area contributed by atoms with Crippen molar-refractivity contribution in [3.8, 4) is 5.75 Å². The number of aryl methyl sites for hydroxylation is 1. The first kappa shape index (κ1) is 20.7. The zero-order chi connectivity index (χ0) is 22.0. The maximum Gasteiger partial charge on any atom is 0.254 e. The van der Waals surface area contributed by atoms with Gasteiger partial charge in [-0.15, -0.1) is 0 Å². The van der Waals surface area contributed by atoms with E-state index in [1.54, 1.807) is 28.5 Å². The number of nitrogens with zero attached hydrogens (tertiary/aromatic N) is 3. The van der Waals surface area contributed by atoms with Crippen LogP contribution in [0.4, 0.5) is 0 Å². The minimum absolute atomic E-state index is 0.0272. The zero-order valence-corrected chi connectivity index (χ0v) is 17.7. The normalized spacial score (nSPS) is 14.0. The van der Waals surface area contributed by atoms with Crippen LogP contribution in [-0.2, 0) is 18.3 Å². The molecule has 1 aliphatic heterocycles. The van der Waals surface area contributed by atoms with Gasteiger partial charge in [0.15, 0.2) is 0 Å². The van der Waals surface area contributed by atoms with E-state index in [9.17, 15) is 14.4 Å². The Morgan fingerprint density at radius 2 is 1.65 bits per heavy atom. The molecular weight excluding hydrogens is 394 g/mol. The van der Waals surface area contributed by atoms with Gasteiger partial charge in [0.25, 0.3) is 11.5 Å². The topological polar surface area (TPSA) is 71.8 Å². The minimum Gasteiger partial charge on any atom is -0.497 e. The number of aromatic nitrogens is 1. The van der Waals surface area contributed by atoms with E-state index in [-0.39, 0.29) is 17.4 Å². The molecule has 4 rings (SSSR count). The van der Waals surface area contributed by atoms with E-state index in [1.807, 2.05) is 48.5 Å². The van der Waals surface area contributed by atoms with Gasteiger partial charge in [-0.05, 0) is 23.8 Å². The number of hydrogen-bond donors (Lipinski definition) is 0. The van der Waals surface area contributed by atoms with Gasteiger partial charge in [-0.2, -0.15) is 0 Å². The maximum atomic E-state index is 13.2. The Balaban J connectivity index is 1.45. The first-order valence-corrected chi connectivity index (χ1v) is 10.3. The van der Waals surface area contributed by atoms with Crippen molar-refractivity contribution in [2.24, 2.45) is 7.05 Å². The molecule has 0 aliphatic carbocycles. The number of fused-ring (bicyclic) bond motifs is 1. The van der Waals surface area contributed by atoms with Crippen LogP contribution in [0.15, 0.2) is 59.4 Å². The molecule has 0 bridgehead atoms. The van der Waals surface area contributed by atoms with Crippen LogP contribution in [0.1, 0.15) is 15.9 Å². The molecule has 1 fully saturated rings. The van der Waals surface area contributed by atoms with Gasteiger partial charge >= 0.3 is 0 Å². The van der Waals surface area contributed by atoms with Crippen molar-refractivity contribution in [2.45, 2.75) is 6.42 Å².